The molecule has 114 valence electrons. The van der Waals surface area contributed by atoms with E-state index in [0.29, 0.717) is 6.10 Å². The molecule has 1 unspecified atom stereocenters. The summed E-state index contributed by atoms with van der Waals surface area (Å²) < 4.78 is 5.82. The van der Waals surface area contributed by atoms with Gasteiger partial charge in [-0.05, 0) is 49.9 Å². The lowest BCUT2D eigenvalue weighted by Gasteiger charge is -2.12. The molecule has 0 saturated carbocycles. The molecular formula is C18H31NO. The molecule has 1 aromatic carbocycles. The first-order valence-corrected chi connectivity index (χ1v) is 8.02. The second kappa shape index (κ2) is 9.95. The average Bonchev–Trinajstić information content (AvgIpc) is 2.43. The van der Waals surface area contributed by atoms with Crippen molar-refractivity contribution < 1.29 is 4.74 Å². The third-order valence-corrected chi connectivity index (χ3v) is 3.40. The summed E-state index contributed by atoms with van der Waals surface area (Å²) in [6.45, 7) is 11.7. The van der Waals surface area contributed by atoms with Crippen molar-refractivity contribution in [1.29, 1.82) is 0 Å². The van der Waals surface area contributed by atoms with Gasteiger partial charge in [-0.3, -0.25) is 0 Å². The van der Waals surface area contributed by atoms with Crippen LogP contribution in [-0.4, -0.2) is 19.2 Å². The molecule has 0 aliphatic carbocycles. The summed E-state index contributed by atoms with van der Waals surface area (Å²) >= 11 is 0. The molecule has 0 fully saturated rings. The van der Waals surface area contributed by atoms with Gasteiger partial charge in [-0.2, -0.15) is 0 Å². The number of nitrogens with one attached hydrogen (secondary N) is 1. The fourth-order valence-electron chi connectivity index (χ4n) is 2.15. The molecule has 20 heavy (non-hydrogen) atoms. The van der Waals surface area contributed by atoms with Gasteiger partial charge in [-0.1, -0.05) is 51.5 Å². The van der Waals surface area contributed by atoms with E-state index in [1.807, 2.05) is 0 Å². The minimum Gasteiger partial charge on any atom is -0.374 e. The number of rotatable bonds is 10. The minimum absolute atomic E-state index is 0.361. The van der Waals surface area contributed by atoms with Crippen LogP contribution in [0.15, 0.2) is 24.3 Å². The maximum Gasteiger partial charge on any atom is 0.0720 e. The van der Waals surface area contributed by atoms with Gasteiger partial charge in [0.15, 0.2) is 0 Å². The van der Waals surface area contributed by atoms with E-state index < -0.39 is 0 Å². The number of hydrogen-bond acceptors (Lipinski definition) is 2. The summed E-state index contributed by atoms with van der Waals surface area (Å²) in [6, 6.07) is 8.83. The van der Waals surface area contributed by atoms with Crippen molar-refractivity contribution in [3.63, 3.8) is 0 Å². The molecule has 2 nitrogen and oxygen atoms in total. The monoisotopic (exact) mass is 277 g/mol. The van der Waals surface area contributed by atoms with Gasteiger partial charge < -0.3 is 10.1 Å². The molecule has 0 aliphatic heterocycles. The highest BCUT2D eigenvalue weighted by Gasteiger charge is 2.01. The largest absolute Gasteiger partial charge is 0.374 e. The molecule has 1 N–H and O–H groups in total. The van der Waals surface area contributed by atoms with Gasteiger partial charge in [0.1, 0.15) is 0 Å². The maximum atomic E-state index is 5.82. The summed E-state index contributed by atoms with van der Waals surface area (Å²) in [5, 5.41) is 3.48. The minimum atomic E-state index is 0.361. The van der Waals surface area contributed by atoms with Crippen LogP contribution in [0.5, 0.6) is 0 Å². The highest BCUT2D eigenvalue weighted by Crippen LogP contribution is 2.09. The SMILES string of the molecule is CCCC(C)OCc1ccc(CCNCC(C)C)cc1. The molecule has 0 aliphatic rings. The van der Waals surface area contributed by atoms with Crippen molar-refractivity contribution in [2.24, 2.45) is 5.92 Å². The summed E-state index contributed by atoms with van der Waals surface area (Å²) in [7, 11) is 0. The van der Waals surface area contributed by atoms with Crippen LogP contribution in [0, 0.1) is 5.92 Å². The van der Waals surface area contributed by atoms with E-state index in [9.17, 15) is 0 Å². The van der Waals surface area contributed by atoms with Gasteiger partial charge in [0, 0.05) is 0 Å². The topological polar surface area (TPSA) is 21.3 Å². The molecule has 1 rings (SSSR count). The molecule has 0 spiro atoms. The Bertz CT molecular complexity index is 345. The van der Waals surface area contributed by atoms with Gasteiger partial charge in [-0.15, -0.1) is 0 Å². The highest BCUT2D eigenvalue weighted by molar-refractivity contribution is 5.22. The Labute approximate surface area is 124 Å². The number of benzene rings is 1. The maximum absolute atomic E-state index is 5.82. The molecule has 2 heteroatoms. The Morgan fingerprint density at radius 1 is 1.05 bits per heavy atom. The van der Waals surface area contributed by atoms with Crippen molar-refractivity contribution in [3.8, 4) is 0 Å². The second-order valence-corrected chi connectivity index (χ2v) is 6.07. The zero-order valence-electron chi connectivity index (χ0n) is 13.6. The van der Waals surface area contributed by atoms with Crippen LogP contribution >= 0.6 is 0 Å². The molecule has 0 heterocycles. The van der Waals surface area contributed by atoms with Crippen molar-refractivity contribution >= 4 is 0 Å². The molecule has 0 aromatic heterocycles. The van der Waals surface area contributed by atoms with E-state index >= 15 is 0 Å². The molecule has 1 aromatic rings. The van der Waals surface area contributed by atoms with Gasteiger partial charge >= 0.3 is 0 Å². The van der Waals surface area contributed by atoms with E-state index in [1.54, 1.807) is 0 Å². The zero-order valence-corrected chi connectivity index (χ0v) is 13.6. The van der Waals surface area contributed by atoms with Crippen LogP contribution in [-0.2, 0) is 17.8 Å². The predicted octanol–water partition coefficient (Wildman–Crippen LogP) is 4.18. The molecule has 0 radical (unpaired) electrons. The van der Waals surface area contributed by atoms with Crippen LogP contribution in [0.3, 0.4) is 0 Å². The third kappa shape index (κ3) is 7.66. The standard InChI is InChI=1S/C18H31NO/c1-5-6-16(4)20-14-18-9-7-17(8-10-18)11-12-19-13-15(2)3/h7-10,15-16,19H,5-6,11-14H2,1-4H3. The summed E-state index contributed by atoms with van der Waals surface area (Å²) in [5.41, 5.74) is 2.67. The van der Waals surface area contributed by atoms with E-state index in [-0.39, 0.29) is 0 Å². The Hall–Kier alpha value is -0.860. The summed E-state index contributed by atoms with van der Waals surface area (Å²) in [4.78, 5) is 0. The van der Waals surface area contributed by atoms with E-state index in [1.165, 1.54) is 17.5 Å². The summed E-state index contributed by atoms with van der Waals surface area (Å²) in [6.07, 6.45) is 3.78. The van der Waals surface area contributed by atoms with Gasteiger partial charge in [0.2, 0.25) is 0 Å². The second-order valence-electron chi connectivity index (χ2n) is 6.07. The van der Waals surface area contributed by atoms with Gasteiger partial charge in [-0.25, -0.2) is 0 Å². The van der Waals surface area contributed by atoms with Crippen LogP contribution in [0.2, 0.25) is 0 Å². The molecule has 0 bridgehead atoms. The lowest BCUT2D eigenvalue weighted by molar-refractivity contribution is 0.0472. The Kier molecular flexibility index (Phi) is 8.56. The lowest BCUT2D eigenvalue weighted by atomic mass is 10.1. The van der Waals surface area contributed by atoms with E-state index in [0.717, 1.165) is 38.5 Å². The normalized spacial score (nSPS) is 12.8. The lowest BCUT2D eigenvalue weighted by Crippen LogP contribution is -2.22. The van der Waals surface area contributed by atoms with E-state index in [2.05, 4.69) is 57.3 Å². The quantitative estimate of drug-likeness (QED) is 0.648. The molecule has 1 atom stereocenters. The fourth-order valence-corrected chi connectivity index (χ4v) is 2.15. The highest BCUT2D eigenvalue weighted by atomic mass is 16.5. The van der Waals surface area contributed by atoms with Gasteiger partial charge in [0.05, 0.1) is 12.7 Å². The van der Waals surface area contributed by atoms with Crippen molar-refractivity contribution in [2.75, 3.05) is 13.1 Å². The van der Waals surface area contributed by atoms with Crippen LogP contribution in [0.25, 0.3) is 0 Å². The van der Waals surface area contributed by atoms with Crippen LogP contribution in [0.4, 0.5) is 0 Å². The van der Waals surface area contributed by atoms with Crippen molar-refractivity contribution in [3.05, 3.63) is 35.4 Å². The smallest absolute Gasteiger partial charge is 0.0720 e. The van der Waals surface area contributed by atoms with Crippen LogP contribution in [0.1, 0.15) is 51.7 Å². The molecule has 0 amide bonds. The predicted molar refractivity (Wildman–Crippen MR) is 87.0 cm³/mol. The van der Waals surface area contributed by atoms with Crippen molar-refractivity contribution in [1.82, 2.24) is 5.32 Å². The van der Waals surface area contributed by atoms with Crippen molar-refractivity contribution in [2.45, 2.75) is 59.7 Å². The third-order valence-electron chi connectivity index (χ3n) is 3.40. The molecular weight excluding hydrogens is 246 g/mol. The first-order chi connectivity index (χ1) is 9.61. The Morgan fingerprint density at radius 2 is 1.70 bits per heavy atom. The number of hydrogen-bond donors (Lipinski definition) is 1. The zero-order chi connectivity index (χ0) is 14.8. The first kappa shape index (κ1) is 17.2. The first-order valence-electron chi connectivity index (χ1n) is 8.02. The Balaban J connectivity index is 2.25. The Morgan fingerprint density at radius 3 is 2.30 bits per heavy atom. The average molecular weight is 277 g/mol. The molecule has 0 saturated heterocycles. The van der Waals surface area contributed by atoms with E-state index in [4.69, 9.17) is 4.74 Å². The van der Waals surface area contributed by atoms with Crippen LogP contribution < -0.4 is 5.32 Å². The number of ether oxygens (including phenoxy) is 1. The fraction of sp³-hybridized carbons (Fsp3) is 0.667. The van der Waals surface area contributed by atoms with Gasteiger partial charge in [0.25, 0.3) is 0 Å². The summed E-state index contributed by atoms with van der Waals surface area (Å²) in [5.74, 6) is 0.722.